The molecule has 0 radical (unpaired) electrons. The van der Waals surface area contributed by atoms with E-state index < -0.39 is 0 Å². The van der Waals surface area contributed by atoms with Gasteiger partial charge in [-0.25, -0.2) is 0 Å². The zero-order valence-electron chi connectivity index (χ0n) is 13.6. The third-order valence-corrected chi connectivity index (χ3v) is 4.57. The summed E-state index contributed by atoms with van der Waals surface area (Å²) in [5, 5.41) is 10.2. The van der Waals surface area contributed by atoms with Crippen LogP contribution >= 0.6 is 0 Å². The zero-order chi connectivity index (χ0) is 15.2. The summed E-state index contributed by atoms with van der Waals surface area (Å²) < 4.78 is 0. The van der Waals surface area contributed by atoms with Gasteiger partial charge >= 0.3 is 0 Å². The van der Waals surface area contributed by atoms with Gasteiger partial charge in [0.2, 0.25) is 0 Å². The quantitative estimate of drug-likeness (QED) is 0.869. The maximum Gasteiger partial charge on any atom is 0.119 e. The fourth-order valence-corrected chi connectivity index (χ4v) is 3.54. The standard InChI is InChI=1S/C18H29NO/c1-16(2,3)11-17(4,5)13-6-7-15(20)14(10-13)18(12-19)8-9-18/h6-7,10,20H,8-9,11-12,19H2,1-5H3. The molecular weight excluding hydrogens is 246 g/mol. The van der Waals surface area contributed by atoms with E-state index in [0.29, 0.717) is 12.3 Å². The lowest BCUT2D eigenvalue weighted by molar-refractivity contribution is 0.283. The molecule has 2 nitrogen and oxygen atoms in total. The van der Waals surface area contributed by atoms with Crippen molar-refractivity contribution in [3.05, 3.63) is 29.3 Å². The van der Waals surface area contributed by atoms with Gasteiger partial charge in [-0.3, -0.25) is 0 Å². The van der Waals surface area contributed by atoms with Crippen molar-refractivity contribution in [3.8, 4) is 5.75 Å². The Hall–Kier alpha value is -1.02. The summed E-state index contributed by atoms with van der Waals surface area (Å²) >= 11 is 0. The van der Waals surface area contributed by atoms with E-state index in [0.717, 1.165) is 24.8 Å². The number of hydrogen-bond acceptors (Lipinski definition) is 2. The third kappa shape index (κ3) is 3.01. The van der Waals surface area contributed by atoms with Crippen molar-refractivity contribution in [2.75, 3.05) is 6.54 Å². The first-order valence-corrected chi connectivity index (χ1v) is 7.64. The summed E-state index contributed by atoms with van der Waals surface area (Å²) in [6.45, 7) is 12.0. The van der Waals surface area contributed by atoms with Crippen LogP contribution in [0.3, 0.4) is 0 Å². The molecule has 20 heavy (non-hydrogen) atoms. The monoisotopic (exact) mass is 275 g/mol. The molecule has 1 fully saturated rings. The van der Waals surface area contributed by atoms with Crippen LogP contribution in [0, 0.1) is 5.41 Å². The van der Waals surface area contributed by atoms with E-state index in [1.807, 2.05) is 6.07 Å². The van der Waals surface area contributed by atoms with Crippen molar-refractivity contribution >= 4 is 0 Å². The lowest BCUT2D eigenvalue weighted by atomic mass is 9.71. The zero-order valence-corrected chi connectivity index (χ0v) is 13.6. The van der Waals surface area contributed by atoms with Crippen LogP contribution < -0.4 is 5.73 Å². The summed E-state index contributed by atoms with van der Waals surface area (Å²) in [4.78, 5) is 0. The Kier molecular flexibility index (Phi) is 3.66. The van der Waals surface area contributed by atoms with E-state index in [4.69, 9.17) is 5.73 Å². The van der Waals surface area contributed by atoms with Gasteiger partial charge in [-0.15, -0.1) is 0 Å². The second-order valence-electron chi connectivity index (χ2n) is 8.34. The maximum atomic E-state index is 10.2. The Morgan fingerprint density at radius 3 is 2.20 bits per heavy atom. The van der Waals surface area contributed by atoms with Gasteiger partial charge in [0, 0.05) is 17.5 Å². The first-order valence-electron chi connectivity index (χ1n) is 7.64. The molecule has 1 aliphatic carbocycles. The molecule has 3 N–H and O–H groups in total. The molecular formula is C18H29NO. The van der Waals surface area contributed by atoms with E-state index in [1.54, 1.807) is 0 Å². The van der Waals surface area contributed by atoms with Gasteiger partial charge in [-0.05, 0) is 41.7 Å². The molecule has 1 aromatic carbocycles. The second-order valence-corrected chi connectivity index (χ2v) is 8.34. The third-order valence-electron chi connectivity index (χ3n) is 4.57. The summed E-state index contributed by atoms with van der Waals surface area (Å²) in [6, 6.07) is 6.11. The molecule has 0 saturated heterocycles. The highest BCUT2D eigenvalue weighted by Gasteiger charge is 2.45. The van der Waals surface area contributed by atoms with Crippen molar-refractivity contribution in [2.24, 2.45) is 11.1 Å². The SMILES string of the molecule is CC(C)(C)CC(C)(C)c1ccc(O)c(C2(CN)CC2)c1. The summed E-state index contributed by atoms with van der Waals surface area (Å²) in [7, 11) is 0. The molecule has 0 amide bonds. The van der Waals surface area contributed by atoms with Crippen LogP contribution in [-0.4, -0.2) is 11.7 Å². The molecule has 1 aliphatic rings. The topological polar surface area (TPSA) is 46.2 Å². The first-order chi connectivity index (χ1) is 9.10. The Balaban J connectivity index is 2.37. The van der Waals surface area contributed by atoms with E-state index in [9.17, 15) is 5.11 Å². The van der Waals surface area contributed by atoms with Crippen molar-refractivity contribution in [2.45, 2.75) is 64.7 Å². The Labute approximate surface area is 123 Å². The van der Waals surface area contributed by atoms with Crippen LogP contribution in [0.25, 0.3) is 0 Å². The molecule has 0 bridgehead atoms. The number of hydrogen-bond donors (Lipinski definition) is 2. The van der Waals surface area contributed by atoms with E-state index in [-0.39, 0.29) is 16.2 Å². The lowest BCUT2D eigenvalue weighted by Crippen LogP contribution is -2.26. The van der Waals surface area contributed by atoms with Crippen LogP contribution in [-0.2, 0) is 10.8 Å². The second kappa shape index (κ2) is 4.77. The average Bonchev–Trinajstić information content (AvgIpc) is 3.07. The summed E-state index contributed by atoms with van der Waals surface area (Å²) in [6.07, 6.45) is 3.31. The predicted molar refractivity (Wildman–Crippen MR) is 85.2 cm³/mol. The van der Waals surface area contributed by atoms with Crippen LogP contribution in [0.5, 0.6) is 5.75 Å². The fourth-order valence-electron chi connectivity index (χ4n) is 3.54. The molecule has 2 rings (SSSR count). The van der Waals surface area contributed by atoms with Crippen LogP contribution in [0.15, 0.2) is 18.2 Å². The molecule has 112 valence electrons. The minimum Gasteiger partial charge on any atom is -0.508 e. The van der Waals surface area contributed by atoms with E-state index in [1.165, 1.54) is 5.56 Å². The average molecular weight is 275 g/mol. The summed E-state index contributed by atoms with van der Waals surface area (Å²) in [5.74, 6) is 0.406. The van der Waals surface area contributed by atoms with Crippen LogP contribution in [0.4, 0.5) is 0 Å². The molecule has 0 atom stereocenters. The number of phenolic OH excluding ortho intramolecular Hbond substituents is 1. The molecule has 0 spiro atoms. The van der Waals surface area contributed by atoms with Gasteiger partial charge in [-0.2, -0.15) is 0 Å². The van der Waals surface area contributed by atoms with Gasteiger partial charge in [0.15, 0.2) is 0 Å². The highest BCUT2D eigenvalue weighted by atomic mass is 16.3. The Bertz CT molecular complexity index is 493. The van der Waals surface area contributed by atoms with E-state index in [2.05, 4.69) is 46.8 Å². The molecule has 0 heterocycles. The molecule has 1 aromatic rings. The van der Waals surface area contributed by atoms with Crippen molar-refractivity contribution in [1.29, 1.82) is 0 Å². The smallest absolute Gasteiger partial charge is 0.119 e. The first kappa shape index (κ1) is 15.4. The maximum absolute atomic E-state index is 10.2. The van der Waals surface area contributed by atoms with Gasteiger partial charge < -0.3 is 10.8 Å². The largest absolute Gasteiger partial charge is 0.508 e. The van der Waals surface area contributed by atoms with Gasteiger partial charge in [-0.1, -0.05) is 46.8 Å². The predicted octanol–water partition coefficient (Wildman–Crippen LogP) is 4.10. The molecule has 0 aliphatic heterocycles. The van der Waals surface area contributed by atoms with Crippen molar-refractivity contribution in [3.63, 3.8) is 0 Å². The van der Waals surface area contributed by atoms with Gasteiger partial charge in [0.25, 0.3) is 0 Å². The fraction of sp³-hybridized carbons (Fsp3) is 0.667. The number of rotatable bonds is 4. The minimum atomic E-state index is 0.0396. The Morgan fingerprint density at radius 1 is 1.15 bits per heavy atom. The lowest BCUT2D eigenvalue weighted by Gasteiger charge is -2.33. The summed E-state index contributed by atoms with van der Waals surface area (Å²) in [5.41, 5.74) is 8.71. The van der Waals surface area contributed by atoms with Crippen LogP contribution in [0.2, 0.25) is 0 Å². The van der Waals surface area contributed by atoms with Gasteiger partial charge in [0.05, 0.1) is 0 Å². The van der Waals surface area contributed by atoms with Crippen molar-refractivity contribution in [1.82, 2.24) is 0 Å². The highest BCUT2D eigenvalue weighted by molar-refractivity contribution is 5.46. The number of nitrogens with two attached hydrogens (primary N) is 1. The number of phenols is 1. The van der Waals surface area contributed by atoms with Gasteiger partial charge in [0.1, 0.15) is 5.75 Å². The highest BCUT2D eigenvalue weighted by Crippen LogP contribution is 2.51. The number of aromatic hydroxyl groups is 1. The van der Waals surface area contributed by atoms with Crippen molar-refractivity contribution < 1.29 is 5.11 Å². The van der Waals surface area contributed by atoms with E-state index >= 15 is 0 Å². The number of benzene rings is 1. The molecule has 1 saturated carbocycles. The van der Waals surface area contributed by atoms with Crippen LogP contribution in [0.1, 0.15) is 65.0 Å². The molecule has 0 aromatic heterocycles. The molecule has 0 unspecified atom stereocenters. The minimum absolute atomic E-state index is 0.0396. The molecule has 2 heteroatoms. The normalized spacial score (nSPS) is 18.1. The Morgan fingerprint density at radius 2 is 1.75 bits per heavy atom.